The summed E-state index contributed by atoms with van der Waals surface area (Å²) in [4.78, 5) is 2.32. The Morgan fingerprint density at radius 1 is 0.615 bits per heavy atom. The van der Waals surface area contributed by atoms with Gasteiger partial charge in [-0.25, -0.2) is 0 Å². The van der Waals surface area contributed by atoms with Crippen molar-refractivity contribution >= 4 is 0 Å². The van der Waals surface area contributed by atoms with Gasteiger partial charge in [0.05, 0.1) is 0 Å². The summed E-state index contributed by atoms with van der Waals surface area (Å²) in [6.07, 6.45) is 3.54. The van der Waals surface area contributed by atoms with Gasteiger partial charge in [0.25, 0.3) is 0 Å². The Hall–Kier alpha value is -0.160. The van der Waals surface area contributed by atoms with Crippen LogP contribution in [0.4, 0.5) is 0 Å². The van der Waals surface area contributed by atoms with E-state index in [9.17, 15) is 0 Å². The molecular formula is C9H24N4. The zero-order valence-electron chi connectivity index (χ0n) is 8.54. The van der Waals surface area contributed by atoms with Crippen molar-refractivity contribution < 1.29 is 0 Å². The normalized spacial score (nSPS) is 11.1. The lowest BCUT2D eigenvalue weighted by atomic mass is 10.2. The molecule has 0 amide bonds. The molecule has 0 heterocycles. The SMILES string of the molecule is NCCCCCN(CCN)CCN. The highest BCUT2D eigenvalue weighted by molar-refractivity contribution is 4.59. The van der Waals surface area contributed by atoms with Gasteiger partial charge in [0.1, 0.15) is 0 Å². The van der Waals surface area contributed by atoms with E-state index in [2.05, 4.69) is 4.90 Å². The van der Waals surface area contributed by atoms with Crippen LogP contribution in [0.1, 0.15) is 19.3 Å². The third-order valence-corrected chi connectivity index (χ3v) is 2.07. The number of nitrogens with two attached hydrogens (primary N) is 3. The summed E-state index contributed by atoms with van der Waals surface area (Å²) in [7, 11) is 0. The van der Waals surface area contributed by atoms with Crippen LogP contribution in [-0.2, 0) is 0 Å². The maximum Gasteiger partial charge on any atom is 0.0105 e. The van der Waals surface area contributed by atoms with Crippen molar-refractivity contribution in [3.05, 3.63) is 0 Å². The second kappa shape index (κ2) is 9.92. The van der Waals surface area contributed by atoms with Gasteiger partial charge in [0.15, 0.2) is 0 Å². The van der Waals surface area contributed by atoms with Crippen LogP contribution in [0, 0.1) is 0 Å². The molecule has 6 N–H and O–H groups in total. The van der Waals surface area contributed by atoms with Gasteiger partial charge < -0.3 is 22.1 Å². The molecular weight excluding hydrogens is 164 g/mol. The quantitative estimate of drug-likeness (QED) is 0.419. The first-order valence-electron chi connectivity index (χ1n) is 5.17. The van der Waals surface area contributed by atoms with E-state index in [1.54, 1.807) is 0 Å². The summed E-state index contributed by atoms with van der Waals surface area (Å²) >= 11 is 0. The fourth-order valence-electron chi connectivity index (χ4n) is 1.36. The molecule has 13 heavy (non-hydrogen) atoms. The van der Waals surface area contributed by atoms with E-state index in [1.807, 2.05) is 0 Å². The van der Waals surface area contributed by atoms with Crippen LogP contribution >= 0.6 is 0 Å². The predicted molar refractivity (Wildman–Crippen MR) is 57.5 cm³/mol. The first-order chi connectivity index (χ1) is 6.35. The van der Waals surface area contributed by atoms with E-state index < -0.39 is 0 Å². The van der Waals surface area contributed by atoms with Gasteiger partial charge in [0, 0.05) is 26.2 Å². The molecule has 80 valence electrons. The Bertz CT molecular complexity index is 91.6. The zero-order valence-corrected chi connectivity index (χ0v) is 8.54. The number of rotatable bonds is 9. The van der Waals surface area contributed by atoms with Gasteiger partial charge in [-0.3, -0.25) is 0 Å². The summed E-state index contributed by atoms with van der Waals surface area (Å²) < 4.78 is 0. The molecule has 0 rings (SSSR count). The molecule has 0 aromatic rings. The van der Waals surface area contributed by atoms with E-state index in [1.165, 1.54) is 12.8 Å². The Kier molecular flexibility index (Phi) is 9.80. The first kappa shape index (κ1) is 12.8. The van der Waals surface area contributed by atoms with E-state index in [4.69, 9.17) is 17.2 Å². The Balaban J connectivity index is 3.33. The van der Waals surface area contributed by atoms with E-state index in [-0.39, 0.29) is 0 Å². The summed E-state index contributed by atoms with van der Waals surface area (Å²) in [5.41, 5.74) is 16.4. The van der Waals surface area contributed by atoms with Gasteiger partial charge in [-0.15, -0.1) is 0 Å². The van der Waals surface area contributed by atoms with Crippen molar-refractivity contribution in [1.29, 1.82) is 0 Å². The largest absolute Gasteiger partial charge is 0.330 e. The van der Waals surface area contributed by atoms with E-state index >= 15 is 0 Å². The highest BCUT2D eigenvalue weighted by atomic mass is 15.1. The monoisotopic (exact) mass is 188 g/mol. The van der Waals surface area contributed by atoms with Crippen molar-refractivity contribution in [2.45, 2.75) is 19.3 Å². The lowest BCUT2D eigenvalue weighted by Crippen LogP contribution is -2.34. The van der Waals surface area contributed by atoms with Crippen LogP contribution < -0.4 is 17.2 Å². The minimum atomic E-state index is 0.719. The topological polar surface area (TPSA) is 81.3 Å². The molecule has 0 atom stereocenters. The van der Waals surface area contributed by atoms with Gasteiger partial charge in [0.2, 0.25) is 0 Å². The number of hydrogen-bond donors (Lipinski definition) is 3. The predicted octanol–water partition coefficient (Wildman–Crippen LogP) is -0.665. The van der Waals surface area contributed by atoms with Crippen LogP contribution in [0.5, 0.6) is 0 Å². The molecule has 0 saturated heterocycles. The molecule has 0 spiro atoms. The van der Waals surface area contributed by atoms with Crippen molar-refractivity contribution in [3.8, 4) is 0 Å². The van der Waals surface area contributed by atoms with Crippen LogP contribution in [-0.4, -0.2) is 44.2 Å². The molecule has 0 aliphatic carbocycles. The van der Waals surface area contributed by atoms with Gasteiger partial charge >= 0.3 is 0 Å². The average Bonchev–Trinajstić information content (AvgIpc) is 2.13. The third-order valence-electron chi connectivity index (χ3n) is 2.07. The lowest BCUT2D eigenvalue weighted by molar-refractivity contribution is 0.282. The molecule has 0 bridgehead atoms. The minimum Gasteiger partial charge on any atom is -0.330 e. The fourth-order valence-corrected chi connectivity index (χ4v) is 1.36. The maximum atomic E-state index is 5.49. The van der Waals surface area contributed by atoms with Crippen LogP contribution in [0.3, 0.4) is 0 Å². The summed E-state index contributed by atoms with van der Waals surface area (Å²) in [6, 6.07) is 0. The van der Waals surface area contributed by atoms with Gasteiger partial charge in [-0.1, -0.05) is 6.42 Å². The average molecular weight is 188 g/mol. The number of unbranched alkanes of at least 4 members (excludes halogenated alkanes) is 2. The zero-order chi connectivity index (χ0) is 9.94. The molecule has 4 nitrogen and oxygen atoms in total. The van der Waals surface area contributed by atoms with Crippen molar-refractivity contribution in [2.24, 2.45) is 17.2 Å². The standard InChI is InChI=1S/C9H24N4/c10-4-2-1-3-7-13(8-5-11)9-6-12/h1-12H2. The highest BCUT2D eigenvalue weighted by Crippen LogP contribution is 1.96. The number of nitrogens with zero attached hydrogens (tertiary/aromatic N) is 1. The summed E-state index contributed by atoms with van der Waals surface area (Å²) in [5, 5.41) is 0. The smallest absolute Gasteiger partial charge is 0.0105 e. The Morgan fingerprint density at radius 2 is 1.23 bits per heavy atom. The molecule has 0 aromatic carbocycles. The first-order valence-corrected chi connectivity index (χ1v) is 5.17. The van der Waals surface area contributed by atoms with E-state index in [0.717, 1.165) is 45.7 Å². The molecule has 0 aliphatic rings. The third kappa shape index (κ3) is 8.18. The second-order valence-electron chi connectivity index (χ2n) is 3.27. The second-order valence-corrected chi connectivity index (χ2v) is 3.27. The van der Waals surface area contributed by atoms with Crippen LogP contribution in [0.25, 0.3) is 0 Å². The fraction of sp³-hybridized carbons (Fsp3) is 1.00. The molecule has 0 aliphatic heterocycles. The minimum absolute atomic E-state index is 0.719. The number of hydrogen-bond acceptors (Lipinski definition) is 4. The van der Waals surface area contributed by atoms with E-state index in [0.29, 0.717) is 0 Å². The molecule has 4 heteroatoms. The van der Waals surface area contributed by atoms with Crippen LogP contribution in [0.2, 0.25) is 0 Å². The molecule has 0 aromatic heterocycles. The maximum absolute atomic E-state index is 5.49. The Morgan fingerprint density at radius 3 is 1.69 bits per heavy atom. The molecule has 0 radical (unpaired) electrons. The molecule has 0 unspecified atom stereocenters. The van der Waals surface area contributed by atoms with Crippen LogP contribution in [0.15, 0.2) is 0 Å². The van der Waals surface area contributed by atoms with Crippen molar-refractivity contribution in [1.82, 2.24) is 4.90 Å². The van der Waals surface area contributed by atoms with Gasteiger partial charge in [-0.2, -0.15) is 0 Å². The van der Waals surface area contributed by atoms with Crippen molar-refractivity contribution in [3.63, 3.8) is 0 Å². The Labute approximate surface area is 81.4 Å². The molecule has 0 fully saturated rings. The lowest BCUT2D eigenvalue weighted by Gasteiger charge is -2.20. The highest BCUT2D eigenvalue weighted by Gasteiger charge is 2.01. The molecule has 0 saturated carbocycles. The summed E-state index contributed by atoms with van der Waals surface area (Å²) in [6.45, 7) is 5.26. The van der Waals surface area contributed by atoms with Crippen molar-refractivity contribution in [2.75, 3.05) is 39.3 Å². The van der Waals surface area contributed by atoms with Gasteiger partial charge in [-0.05, 0) is 25.9 Å². The summed E-state index contributed by atoms with van der Waals surface area (Å²) in [5.74, 6) is 0.